The van der Waals surface area contributed by atoms with E-state index in [-0.39, 0.29) is 37.8 Å². The van der Waals surface area contributed by atoms with Crippen molar-refractivity contribution in [1.82, 2.24) is 5.32 Å². The predicted molar refractivity (Wildman–Crippen MR) is 130 cm³/mol. The number of hydrogen-bond acceptors (Lipinski definition) is 5. The lowest BCUT2D eigenvalue weighted by Gasteiger charge is -2.14. The molecule has 180 valence electrons. The van der Waals surface area contributed by atoms with Gasteiger partial charge in [-0.2, -0.15) is 0 Å². The molecule has 0 fully saturated rings. The van der Waals surface area contributed by atoms with Crippen LogP contribution in [-0.4, -0.2) is 47.4 Å². The quantitative estimate of drug-likeness (QED) is 0.376. The fraction of sp³-hybridized carbons (Fsp3) is 0.222. The monoisotopic (exact) mass is 474 g/mol. The molecule has 0 heterocycles. The number of benzene rings is 3. The standard InChI is InChI=1S/C27H26N2O6/c30-24(26(32)33)13-14-28-25(31)15-17-9-11-18(12-10-17)29-27(34)35-16-23-21-7-3-1-5-19(21)20-6-2-4-8-22(20)23/h1-12,23-24,30H,13-16H2,(H,28,31)(H,29,34)(H,32,33)/t24-/m0/s1. The van der Waals surface area contributed by atoms with Crippen LogP contribution in [0.5, 0.6) is 0 Å². The van der Waals surface area contributed by atoms with E-state index < -0.39 is 18.2 Å². The van der Waals surface area contributed by atoms with Gasteiger partial charge in [0, 0.05) is 24.6 Å². The Morgan fingerprint density at radius 3 is 2.09 bits per heavy atom. The van der Waals surface area contributed by atoms with Crippen LogP contribution in [-0.2, 0) is 20.7 Å². The van der Waals surface area contributed by atoms with Gasteiger partial charge in [0.25, 0.3) is 0 Å². The molecular weight excluding hydrogens is 448 g/mol. The average Bonchev–Trinajstić information content (AvgIpc) is 3.17. The third kappa shape index (κ3) is 5.85. The zero-order valence-corrected chi connectivity index (χ0v) is 18.9. The number of nitrogens with one attached hydrogen (secondary N) is 2. The van der Waals surface area contributed by atoms with Crippen LogP contribution in [0.1, 0.15) is 29.0 Å². The van der Waals surface area contributed by atoms with E-state index in [9.17, 15) is 19.5 Å². The summed E-state index contributed by atoms with van der Waals surface area (Å²) in [6.07, 6.45) is -2.04. The summed E-state index contributed by atoms with van der Waals surface area (Å²) < 4.78 is 5.54. The Balaban J connectivity index is 1.26. The van der Waals surface area contributed by atoms with Crippen LogP contribution in [0.3, 0.4) is 0 Å². The largest absolute Gasteiger partial charge is 0.479 e. The molecule has 0 bridgehead atoms. The van der Waals surface area contributed by atoms with Crippen molar-refractivity contribution in [1.29, 1.82) is 0 Å². The first-order valence-electron chi connectivity index (χ1n) is 11.3. The van der Waals surface area contributed by atoms with Crippen molar-refractivity contribution in [2.24, 2.45) is 0 Å². The average molecular weight is 475 g/mol. The van der Waals surface area contributed by atoms with Gasteiger partial charge in [-0.3, -0.25) is 10.1 Å². The van der Waals surface area contributed by atoms with Gasteiger partial charge in [-0.05, 0) is 39.9 Å². The highest BCUT2D eigenvalue weighted by atomic mass is 16.5. The fourth-order valence-corrected chi connectivity index (χ4v) is 4.18. The lowest BCUT2D eigenvalue weighted by molar-refractivity contribution is -0.147. The maximum absolute atomic E-state index is 12.4. The minimum absolute atomic E-state index is 0.0225. The minimum Gasteiger partial charge on any atom is -0.479 e. The highest BCUT2D eigenvalue weighted by Crippen LogP contribution is 2.44. The van der Waals surface area contributed by atoms with Gasteiger partial charge < -0.3 is 20.3 Å². The Bertz CT molecular complexity index is 1180. The van der Waals surface area contributed by atoms with Gasteiger partial charge in [-0.25, -0.2) is 9.59 Å². The molecule has 8 heteroatoms. The molecule has 4 rings (SSSR count). The molecule has 35 heavy (non-hydrogen) atoms. The van der Waals surface area contributed by atoms with Crippen molar-refractivity contribution in [3.8, 4) is 11.1 Å². The number of aliphatic hydroxyl groups is 1. The van der Waals surface area contributed by atoms with Crippen molar-refractivity contribution in [2.45, 2.75) is 24.9 Å². The van der Waals surface area contributed by atoms with Gasteiger partial charge in [0.1, 0.15) is 6.61 Å². The molecule has 2 amide bonds. The lowest BCUT2D eigenvalue weighted by atomic mass is 9.98. The molecule has 1 aliphatic rings. The van der Waals surface area contributed by atoms with E-state index in [0.29, 0.717) is 5.69 Å². The van der Waals surface area contributed by atoms with Crippen LogP contribution in [0.25, 0.3) is 11.1 Å². The Hall–Kier alpha value is -4.17. The van der Waals surface area contributed by atoms with Crippen molar-refractivity contribution in [3.63, 3.8) is 0 Å². The molecule has 3 aromatic carbocycles. The number of aliphatic hydroxyl groups excluding tert-OH is 1. The number of carbonyl (C=O) groups is 3. The Morgan fingerprint density at radius 2 is 1.49 bits per heavy atom. The summed E-state index contributed by atoms with van der Waals surface area (Å²) in [5.41, 5.74) is 5.86. The predicted octanol–water partition coefficient (Wildman–Crippen LogP) is 3.54. The number of carboxylic acid groups (broad SMARTS) is 1. The molecular formula is C27H26N2O6. The number of aliphatic carboxylic acids is 1. The number of carboxylic acids is 1. The lowest BCUT2D eigenvalue weighted by Crippen LogP contribution is -2.30. The summed E-state index contributed by atoms with van der Waals surface area (Å²) in [6.45, 7) is 0.280. The van der Waals surface area contributed by atoms with Crippen molar-refractivity contribution in [2.75, 3.05) is 18.5 Å². The topological polar surface area (TPSA) is 125 Å². The maximum atomic E-state index is 12.4. The van der Waals surface area contributed by atoms with E-state index in [1.54, 1.807) is 24.3 Å². The van der Waals surface area contributed by atoms with Crippen LogP contribution in [0.2, 0.25) is 0 Å². The highest BCUT2D eigenvalue weighted by molar-refractivity contribution is 5.85. The van der Waals surface area contributed by atoms with E-state index in [2.05, 4.69) is 34.9 Å². The zero-order valence-electron chi connectivity index (χ0n) is 18.9. The van der Waals surface area contributed by atoms with Gasteiger partial charge in [0.05, 0.1) is 6.42 Å². The number of carbonyl (C=O) groups excluding carboxylic acids is 2. The van der Waals surface area contributed by atoms with Crippen LogP contribution in [0.15, 0.2) is 72.8 Å². The van der Waals surface area contributed by atoms with E-state index >= 15 is 0 Å². The maximum Gasteiger partial charge on any atom is 0.411 e. The molecule has 8 nitrogen and oxygen atoms in total. The number of amides is 2. The summed E-state index contributed by atoms with van der Waals surface area (Å²) in [5.74, 6) is -1.63. The molecule has 4 N–H and O–H groups in total. The van der Waals surface area contributed by atoms with E-state index in [4.69, 9.17) is 9.84 Å². The molecule has 0 saturated heterocycles. The van der Waals surface area contributed by atoms with Crippen LogP contribution < -0.4 is 10.6 Å². The molecule has 0 saturated carbocycles. The fourth-order valence-electron chi connectivity index (χ4n) is 4.18. The summed E-state index contributed by atoms with van der Waals surface area (Å²) in [5, 5.41) is 23.1. The molecule has 0 unspecified atom stereocenters. The second kappa shape index (κ2) is 10.8. The Kier molecular flexibility index (Phi) is 7.42. The third-order valence-electron chi connectivity index (χ3n) is 5.93. The summed E-state index contributed by atoms with van der Waals surface area (Å²) >= 11 is 0. The van der Waals surface area contributed by atoms with Crippen LogP contribution in [0, 0.1) is 0 Å². The Morgan fingerprint density at radius 1 is 0.886 bits per heavy atom. The van der Waals surface area contributed by atoms with Gasteiger partial charge >= 0.3 is 12.1 Å². The Labute approximate surface area is 202 Å². The number of anilines is 1. The number of fused-ring (bicyclic) bond motifs is 3. The molecule has 0 spiro atoms. The molecule has 0 aromatic heterocycles. The van der Waals surface area contributed by atoms with E-state index in [1.807, 2.05) is 24.3 Å². The number of ether oxygens (including phenoxy) is 1. The highest BCUT2D eigenvalue weighted by Gasteiger charge is 2.29. The van der Waals surface area contributed by atoms with Crippen LogP contribution in [0.4, 0.5) is 10.5 Å². The van der Waals surface area contributed by atoms with Crippen LogP contribution >= 0.6 is 0 Å². The number of hydrogen-bond donors (Lipinski definition) is 4. The zero-order chi connectivity index (χ0) is 24.8. The third-order valence-corrected chi connectivity index (χ3v) is 5.93. The molecule has 0 aliphatic heterocycles. The second-order valence-electron chi connectivity index (χ2n) is 8.32. The van der Waals surface area contributed by atoms with Gasteiger partial charge in [0.2, 0.25) is 5.91 Å². The van der Waals surface area contributed by atoms with Crippen molar-refractivity contribution >= 4 is 23.7 Å². The smallest absolute Gasteiger partial charge is 0.411 e. The van der Waals surface area contributed by atoms with Gasteiger partial charge in [-0.1, -0.05) is 60.7 Å². The minimum atomic E-state index is -1.50. The number of rotatable bonds is 9. The first-order chi connectivity index (χ1) is 16.9. The summed E-state index contributed by atoms with van der Waals surface area (Å²) in [7, 11) is 0. The molecule has 3 aromatic rings. The summed E-state index contributed by atoms with van der Waals surface area (Å²) in [4.78, 5) is 35.0. The van der Waals surface area contributed by atoms with Crippen molar-refractivity contribution in [3.05, 3.63) is 89.5 Å². The molecule has 0 radical (unpaired) electrons. The summed E-state index contributed by atoms with van der Waals surface area (Å²) in [6, 6.07) is 23.0. The van der Waals surface area contributed by atoms with Gasteiger partial charge in [-0.15, -0.1) is 0 Å². The molecule has 1 atom stereocenters. The first-order valence-corrected chi connectivity index (χ1v) is 11.3. The van der Waals surface area contributed by atoms with E-state index in [0.717, 1.165) is 27.8 Å². The SMILES string of the molecule is O=C(Cc1ccc(NC(=O)OCC2c3ccccc3-c3ccccc32)cc1)NCC[C@H](O)C(=O)O. The first kappa shape index (κ1) is 24.0. The van der Waals surface area contributed by atoms with E-state index in [1.165, 1.54) is 0 Å². The second-order valence-corrected chi connectivity index (χ2v) is 8.32. The van der Waals surface area contributed by atoms with Crippen molar-refractivity contribution < 1.29 is 29.3 Å². The normalized spacial score (nSPS) is 12.8. The molecule has 1 aliphatic carbocycles. The van der Waals surface area contributed by atoms with Gasteiger partial charge in [0.15, 0.2) is 6.10 Å².